The van der Waals surface area contributed by atoms with Crippen LogP contribution in [0.15, 0.2) is 29.4 Å². The maximum atomic E-state index is 9.66. The largest absolute Gasteiger partial charge is 0.373 e. The number of hydrogen-bond acceptors (Lipinski definition) is 5. The Morgan fingerprint density at radius 2 is 2.14 bits per heavy atom. The van der Waals surface area contributed by atoms with E-state index in [1.807, 2.05) is 24.3 Å². The number of hydrazone groups is 1. The number of ether oxygens (including phenoxy) is 1. The molecule has 0 saturated carbocycles. The van der Waals surface area contributed by atoms with E-state index in [9.17, 15) is 10.5 Å². The Morgan fingerprint density at radius 3 is 2.86 bits per heavy atom. The fraction of sp³-hybridized carbons (Fsp3) is 0.471. The third kappa shape index (κ3) is 2.06. The number of nitrogens with zero attached hydrogens (tertiary/aromatic N) is 4. The fourth-order valence-electron chi connectivity index (χ4n) is 3.18. The molecule has 0 spiro atoms. The molecule has 2 aliphatic rings. The van der Waals surface area contributed by atoms with E-state index in [2.05, 4.69) is 24.2 Å². The highest BCUT2D eigenvalue weighted by atomic mass is 16.5. The molecule has 2 aliphatic heterocycles. The molecule has 1 aromatic rings. The molecule has 0 radical (unpaired) electrons. The van der Waals surface area contributed by atoms with Crippen LogP contribution in [0.4, 0.5) is 0 Å². The second kappa shape index (κ2) is 5.79. The van der Waals surface area contributed by atoms with Crippen LogP contribution in [-0.4, -0.2) is 29.5 Å². The number of hydrogen-bond donors (Lipinski definition) is 0. The summed E-state index contributed by atoms with van der Waals surface area (Å²) in [5, 5.41) is 25.3. The predicted molar refractivity (Wildman–Crippen MR) is 81.8 cm³/mol. The van der Waals surface area contributed by atoms with Gasteiger partial charge in [0.2, 0.25) is 0 Å². The molecule has 0 aliphatic carbocycles. The lowest BCUT2D eigenvalue weighted by molar-refractivity contribution is 0.0178. The minimum atomic E-state index is -1.34. The molecule has 112 valence electrons. The van der Waals surface area contributed by atoms with Crippen LogP contribution in [0.3, 0.4) is 0 Å². The molecule has 0 unspecified atom stereocenters. The molecule has 1 aromatic carbocycles. The van der Waals surface area contributed by atoms with Crippen molar-refractivity contribution in [3.63, 3.8) is 0 Å². The lowest BCUT2D eigenvalue weighted by Gasteiger charge is -2.33. The van der Waals surface area contributed by atoms with Crippen LogP contribution in [0, 0.1) is 22.7 Å². The molecule has 1 saturated heterocycles. The van der Waals surface area contributed by atoms with Gasteiger partial charge in [0.25, 0.3) is 5.54 Å². The van der Waals surface area contributed by atoms with Crippen LogP contribution < -0.4 is 0 Å². The quantitative estimate of drug-likeness (QED) is 0.800. The van der Waals surface area contributed by atoms with Crippen molar-refractivity contribution in [1.29, 1.82) is 10.5 Å². The summed E-state index contributed by atoms with van der Waals surface area (Å²) in [5.41, 5.74) is 0.805. The van der Waals surface area contributed by atoms with Crippen molar-refractivity contribution in [1.82, 2.24) is 5.01 Å². The smallest absolute Gasteiger partial charge is 0.256 e. The van der Waals surface area contributed by atoms with E-state index in [1.54, 1.807) is 11.2 Å². The molecule has 0 bridgehead atoms. The fourth-order valence-corrected chi connectivity index (χ4v) is 3.18. The summed E-state index contributed by atoms with van der Waals surface area (Å²) in [6, 6.07) is 12.2. The molecular formula is C17H18N4O. The maximum Gasteiger partial charge on any atom is 0.256 e. The van der Waals surface area contributed by atoms with Crippen molar-refractivity contribution in [3.05, 3.63) is 35.4 Å². The Morgan fingerprint density at radius 1 is 1.36 bits per heavy atom. The first kappa shape index (κ1) is 14.6. The highest BCUT2D eigenvalue weighted by Crippen LogP contribution is 2.46. The summed E-state index contributed by atoms with van der Waals surface area (Å²) < 4.78 is 5.89. The standard InChI is InChI=1S/C17H18N4O/c1-2-3-8-22-16-9-15-14-7-5-4-6-13(14)10-20-21(15)17(16,11-18)12-19/h4-7,10,15-16H,2-3,8-9H2,1H3/t15-,16+/m0/s1. The van der Waals surface area contributed by atoms with Crippen LogP contribution in [0.1, 0.15) is 43.4 Å². The molecule has 5 nitrogen and oxygen atoms in total. The van der Waals surface area contributed by atoms with Gasteiger partial charge >= 0.3 is 0 Å². The summed E-state index contributed by atoms with van der Waals surface area (Å²) in [7, 11) is 0. The van der Waals surface area contributed by atoms with Gasteiger partial charge in [-0.15, -0.1) is 0 Å². The van der Waals surface area contributed by atoms with E-state index < -0.39 is 11.6 Å². The summed E-state index contributed by atoms with van der Waals surface area (Å²) in [6.45, 7) is 2.65. The van der Waals surface area contributed by atoms with Gasteiger partial charge in [-0.1, -0.05) is 37.6 Å². The SMILES string of the molecule is CCCCO[C@@H]1C[C@H]2c3ccccc3C=NN2C1(C#N)C#N. The minimum absolute atomic E-state index is 0.0767. The topological polar surface area (TPSA) is 72.4 Å². The number of unbranched alkanes of at least 4 members (excludes halogenated alkanes) is 1. The highest BCUT2D eigenvalue weighted by molar-refractivity contribution is 5.83. The third-order valence-electron chi connectivity index (χ3n) is 4.39. The summed E-state index contributed by atoms with van der Waals surface area (Å²) in [4.78, 5) is 0. The molecule has 1 fully saturated rings. The molecule has 5 heteroatoms. The molecule has 0 N–H and O–H groups in total. The first-order valence-corrected chi connectivity index (χ1v) is 7.63. The Kier molecular flexibility index (Phi) is 3.83. The van der Waals surface area contributed by atoms with Gasteiger partial charge in [-0.05, 0) is 17.5 Å². The van der Waals surface area contributed by atoms with Crippen molar-refractivity contribution in [2.45, 2.75) is 43.9 Å². The molecule has 0 amide bonds. The highest BCUT2D eigenvalue weighted by Gasteiger charge is 2.57. The molecule has 2 heterocycles. The van der Waals surface area contributed by atoms with Gasteiger partial charge in [-0.25, -0.2) is 0 Å². The summed E-state index contributed by atoms with van der Waals surface area (Å²) in [6.07, 6.45) is 3.84. The first-order valence-electron chi connectivity index (χ1n) is 7.63. The van der Waals surface area contributed by atoms with Crippen LogP contribution >= 0.6 is 0 Å². The van der Waals surface area contributed by atoms with E-state index in [1.165, 1.54) is 0 Å². The van der Waals surface area contributed by atoms with Gasteiger partial charge in [0.1, 0.15) is 18.2 Å². The van der Waals surface area contributed by atoms with Gasteiger partial charge in [0.15, 0.2) is 0 Å². The van der Waals surface area contributed by atoms with Crippen LogP contribution in [0.2, 0.25) is 0 Å². The van der Waals surface area contributed by atoms with Gasteiger partial charge < -0.3 is 4.74 Å². The molecule has 22 heavy (non-hydrogen) atoms. The van der Waals surface area contributed by atoms with Gasteiger partial charge in [-0.3, -0.25) is 5.01 Å². The zero-order valence-corrected chi connectivity index (χ0v) is 12.6. The van der Waals surface area contributed by atoms with E-state index in [-0.39, 0.29) is 6.04 Å². The molecule has 2 atom stereocenters. The zero-order chi connectivity index (χ0) is 15.6. The third-order valence-corrected chi connectivity index (χ3v) is 4.39. The van der Waals surface area contributed by atoms with E-state index in [4.69, 9.17) is 4.74 Å². The van der Waals surface area contributed by atoms with E-state index >= 15 is 0 Å². The Hall–Kier alpha value is -2.37. The van der Waals surface area contributed by atoms with Crippen molar-refractivity contribution in [2.24, 2.45) is 5.10 Å². The Bertz CT molecular complexity index is 656. The molecule has 0 aromatic heterocycles. The summed E-state index contributed by atoms with van der Waals surface area (Å²) in [5.74, 6) is 0. The lowest BCUT2D eigenvalue weighted by atomic mass is 9.96. The number of benzene rings is 1. The summed E-state index contributed by atoms with van der Waals surface area (Å²) >= 11 is 0. The van der Waals surface area contributed by atoms with E-state index in [0.717, 1.165) is 24.0 Å². The number of rotatable bonds is 4. The van der Waals surface area contributed by atoms with Crippen molar-refractivity contribution in [3.8, 4) is 12.1 Å². The van der Waals surface area contributed by atoms with E-state index in [0.29, 0.717) is 13.0 Å². The average Bonchev–Trinajstić information content (AvgIpc) is 2.89. The van der Waals surface area contributed by atoms with Crippen LogP contribution in [0.25, 0.3) is 0 Å². The van der Waals surface area contributed by atoms with Gasteiger partial charge in [0.05, 0.1) is 12.3 Å². The Balaban J connectivity index is 1.96. The molecular weight excluding hydrogens is 276 g/mol. The maximum absolute atomic E-state index is 9.66. The Labute approximate surface area is 130 Å². The van der Waals surface area contributed by atoms with Crippen LogP contribution in [0.5, 0.6) is 0 Å². The zero-order valence-electron chi connectivity index (χ0n) is 12.6. The normalized spacial score (nSPS) is 24.2. The van der Waals surface area contributed by atoms with Gasteiger partial charge in [-0.2, -0.15) is 15.6 Å². The van der Waals surface area contributed by atoms with Crippen LogP contribution in [-0.2, 0) is 4.74 Å². The van der Waals surface area contributed by atoms with Crippen molar-refractivity contribution < 1.29 is 4.74 Å². The van der Waals surface area contributed by atoms with Crippen molar-refractivity contribution >= 4 is 6.21 Å². The average molecular weight is 294 g/mol. The van der Waals surface area contributed by atoms with Gasteiger partial charge in [0, 0.05) is 13.0 Å². The monoisotopic (exact) mass is 294 g/mol. The minimum Gasteiger partial charge on any atom is -0.373 e. The van der Waals surface area contributed by atoms with Crippen molar-refractivity contribution in [2.75, 3.05) is 6.61 Å². The first-order chi connectivity index (χ1) is 10.8. The second-order valence-electron chi connectivity index (χ2n) is 5.67. The lowest BCUT2D eigenvalue weighted by Crippen LogP contribution is -2.47. The number of fused-ring (bicyclic) bond motifs is 3. The number of nitriles is 2. The predicted octanol–water partition coefficient (Wildman–Crippen LogP) is 2.75. The second-order valence-corrected chi connectivity index (χ2v) is 5.67. The molecule has 3 rings (SSSR count).